The molecule has 3 aromatic heterocycles. The average molecular weight is 321 g/mol. The molecule has 0 aromatic carbocycles. The van der Waals surface area contributed by atoms with Crippen LogP contribution < -0.4 is 10.9 Å². The van der Waals surface area contributed by atoms with E-state index in [0.717, 1.165) is 21.5 Å². The van der Waals surface area contributed by atoms with E-state index in [1.54, 1.807) is 18.6 Å². The van der Waals surface area contributed by atoms with E-state index >= 15 is 0 Å². The second-order valence-electron chi connectivity index (χ2n) is 5.15. The first-order valence-corrected chi connectivity index (χ1v) is 7.31. The number of rotatable bonds is 4. The molecule has 0 fully saturated rings. The van der Waals surface area contributed by atoms with E-state index in [-0.39, 0.29) is 17.2 Å². The molecule has 0 saturated heterocycles. The fourth-order valence-electron chi connectivity index (χ4n) is 2.15. The summed E-state index contributed by atoms with van der Waals surface area (Å²) in [7, 11) is 1.50. The molecule has 0 bridgehead atoms. The monoisotopic (exact) mass is 321 g/mol. The van der Waals surface area contributed by atoms with Gasteiger partial charge in [-0.1, -0.05) is 0 Å². The van der Waals surface area contributed by atoms with Gasteiger partial charge in [-0.05, 0) is 35.9 Å². The molecule has 0 aliphatic carbocycles. The van der Waals surface area contributed by atoms with Gasteiger partial charge < -0.3 is 5.32 Å². The normalized spacial score (nSPS) is 10.4. The average Bonchev–Trinajstić information content (AvgIpc) is 2.63. The van der Waals surface area contributed by atoms with Gasteiger partial charge in [-0.3, -0.25) is 19.6 Å². The van der Waals surface area contributed by atoms with Crippen LogP contribution in [0.15, 0.2) is 59.8 Å². The number of carbonyl (C=O) groups excluding carboxylic acids is 1. The van der Waals surface area contributed by atoms with Crippen LogP contribution in [0.2, 0.25) is 0 Å². The summed E-state index contributed by atoms with van der Waals surface area (Å²) in [4.78, 5) is 31.8. The van der Waals surface area contributed by atoms with Gasteiger partial charge in [-0.15, -0.1) is 0 Å². The zero-order chi connectivity index (χ0) is 16.9. The summed E-state index contributed by atoms with van der Waals surface area (Å²) in [5.74, 6) is -0.342. The summed E-state index contributed by atoms with van der Waals surface area (Å²) in [5.41, 5.74) is 2.53. The quantitative estimate of drug-likeness (QED) is 0.779. The highest BCUT2D eigenvalue weighted by atomic mass is 16.2. The second-order valence-corrected chi connectivity index (χ2v) is 5.15. The van der Waals surface area contributed by atoms with E-state index in [0.29, 0.717) is 6.54 Å². The molecule has 7 heteroatoms. The summed E-state index contributed by atoms with van der Waals surface area (Å²) in [6, 6.07) is 10.2. The van der Waals surface area contributed by atoms with Crippen molar-refractivity contribution in [1.29, 1.82) is 0 Å². The molecule has 3 rings (SSSR count). The van der Waals surface area contributed by atoms with E-state index in [4.69, 9.17) is 0 Å². The molecule has 24 heavy (non-hydrogen) atoms. The number of amides is 1. The van der Waals surface area contributed by atoms with Crippen LogP contribution in [0.1, 0.15) is 16.1 Å². The highest BCUT2D eigenvalue weighted by Crippen LogP contribution is 2.16. The Labute approximate surface area is 138 Å². The van der Waals surface area contributed by atoms with Gasteiger partial charge in [0.2, 0.25) is 0 Å². The molecule has 0 spiro atoms. The van der Waals surface area contributed by atoms with Crippen molar-refractivity contribution in [3.8, 4) is 11.3 Å². The van der Waals surface area contributed by atoms with Crippen molar-refractivity contribution in [3.63, 3.8) is 0 Å². The standard InChI is InChI=1S/C17H15N5O2/c1-22-16(23)5-4-14(21-22)17(24)20-10-12-6-8-19-15(9-12)13-3-2-7-18-11-13/h2-9,11H,10H2,1H3,(H,20,24). The van der Waals surface area contributed by atoms with Crippen LogP contribution in [0, 0.1) is 0 Å². The molecule has 0 aliphatic heterocycles. The Bertz CT molecular complexity index is 922. The van der Waals surface area contributed by atoms with Gasteiger partial charge in [-0.25, -0.2) is 4.68 Å². The predicted octanol–water partition coefficient (Wildman–Crippen LogP) is 1.17. The van der Waals surface area contributed by atoms with E-state index in [1.165, 1.54) is 19.2 Å². The molecular formula is C17H15N5O2. The first kappa shape index (κ1) is 15.5. The van der Waals surface area contributed by atoms with Gasteiger partial charge in [0.25, 0.3) is 11.5 Å². The fraction of sp³-hybridized carbons (Fsp3) is 0.118. The Balaban J connectivity index is 1.71. The molecule has 120 valence electrons. The first-order chi connectivity index (χ1) is 11.6. The molecule has 7 nitrogen and oxygen atoms in total. The van der Waals surface area contributed by atoms with Gasteiger partial charge in [-0.2, -0.15) is 5.10 Å². The van der Waals surface area contributed by atoms with Crippen LogP contribution in [0.5, 0.6) is 0 Å². The number of aromatic nitrogens is 4. The molecule has 0 atom stereocenters. The van der Waals surface area contributed by atoms with Crippen LogP contribution >= 0.6 is 0 Å². The molecule has 1 N–H and O–H groups in total. The van der Waals surface area contributed by atoms with Crippen molar-refractivity contribution in [2.75, 3.05) is 0 Å². The maximum Gasteiger partial charge on any atom is 0.271 e. The maximum atomic E-state index is 12.1. The molecule has 0 radical (unpaired) electrons. The van der Waals surface area contributed by atoms with Gasteiger partial charge in [0, 0.05) is 43.8 Å². The van der Waals surface area contributed by atoms with Gasteiger partial charge in [0.1, 0.15) is 5.69 Å². The molecule has 0 unspecified atom stereocenters. The number of hydrogen-bond acceptors (Lipinski definition) is 5. The lowest BCUT2D eigenvalue weighted by molar-refractivity contribution is 0.0943. The SMILES string of the molecule is Cn1nc(C(=O)NCc2ccnc(-c3cccnc3)c2)ccc1=O. The van der Waals surface area contributed by atoms with E-state index in [2.05, 4.69) is 20.4 Å². The Morgan fingerprint density at radius 1 is 1.21 bits per heavy atom. The third kappa shape index (κ3) is 3.52. The second kappa shape index (κ2) is 6.82. The van der Waals surface area contributed by atoms with Crippen molar-refractivity contribution in [1.82, 2.24) is 25.1 Å². The third-order valence-electron chi connectivity index (χ3n) is 3.43. The van der Waals surface area contributed by atoms with E-state index in [1.807, 2.05) is 24.3 Å². The predicted molar refractivity (Wildman–Crippen MR) is 88.1 cm³/mol. The fourth-order valence-corrected chi connectivity index (χ4v) is 2.15. The van der Waals surface area contributed by atoms with E-state index in [9.17, 15) is 9.59 Å². The summed E-state index contributed by atoms with van der Waals surface area (Å²) >= 11 is 0. The molecule has 3 aromatic rings. The summed E-state index contributed by atoms with van der Waals surface area (Å²) in [6.07, 6.45) is 5.13. The van der Waals surface area contributed by atoms with Gasteiger partial charge in [0.05, 0.1) is 5.69 Å². The zero-order valence-electron chi connectivity index (χ0n) is 13.0. The smallest absolute Gasteiger partial charge is 0.271 e. The lowest BCUT2D eigenvalue weighted by atomic mass is 10.1. The van der Waals surface area contributed by atoms with Gasteiger partial charge in [0.15, 0.2) is 0 Å². The third-order valence-corrected chi connectivity index (χ3v) is 3.43. The van der Waals surface area contributed by atoms with Crippen molar-refractivity contribution >= 4 is 5.91 Å². The number of carbonyl (C=O) groups is 1. The number of nitrogens with zero attached hydrogens (tertiary/aromatic N) is 4. The minimum absolute atomic E-state index is 0.193. The van der Waals surface area contributed by atoms with Crippen molar-refractivity contribution in [2.45, 2.75) is 6.54 Å². The zero-order valence-corrected chi connectivity index (χ0v) is 13.0. The van der Waals surface area contributed by atoms with Crippen LogP contribution in [0.25, 0.3) is 11.3 Å². The van der Waals surface area contributed by atoms with Crippen LogP contribution in [0.4, 0.5) is 0 Å². The lowest BCUT2D eigenvalue weighted by Crippen LogP contribution is -2.28. The molecule has 1 amide bonds. The minimum Gasteiger partial charge on any atom is -0.347 e. The molecule has 0 saturated carbocycles. The highest BCUT2D eigenvalue weighted by Gasteiger charge is 2.09. The Morgan fingerprint density at radius 2 is 2.08 bits per heavy atom. The first-order valence-electron chi connectivity index (χ1n) is 7.31. The summed E-state index contributed by atoms with van der Waals surface area (Å²) < 4.78 is 1.13. The Morgan fingerprint density at radius 3 is 2.83 bits per heavy atom. The number of aryl methyl sites for hydroxylation is 1. The Kier molecular flexibility index (Phi) is 4.42. The van der Waals surface area contributed by atoms with Crippen molar-refractivity contribution < 1.29 is 4.79 Å². The highest BCUT2D eigenvalue weighted by molar-refractivity contribution is 5.91. The molecule has 0 aliphatic rings. The molecule has 3 heterocycles. The number of nitrogens with one attached hydrogen (secondary N) is 1. The van der Waals surface area contributed by atoms with Crippen LogP contribution in [0.3, 0.4) is 0 Å². The van der Waals surface area contributed by atoms with Gasteiger partial charge >= 0.3 is 0 Å². The number of pyridine rings is 2. The lowest BCUT2D eigenvalue weighted by Gasteiger charge is -2.07. The Hall–Kier alpha value is -3.35. The number of hydrogen-bond donors (Lipinski definition) is 1. The summed E-state index contributed by atoms with van der Waals surface area (Å²) in [6.45, 7) is 0.332. The minimum atomic E-state index is -0.342. The largest absolute Gasteiger partial charge is 0.347 e. The van der Waals surface area contributed by atoms with Crippen molar-refractivity contribution in [2.24, 2.45) is 7.05 Å². The van der Waals surface area contributed by atoms with Crippen molar-refractivity contribution in [3.05, 3.63) is 76.6 Å². The topological polar surface area (TPSA) is 89.8 Å². The van der Waals surface area contributed by atoms with E-state index < -0.39 is 0 Å². The van der Waals surface area contributed by atoms with Crippen LogP contribution in [-0.2, 0) is 13.6 Å². The van der Waals surface area contributed by atoms with Crippen LogP contribution in [-0.4, -0.2) is 25.7 Å². The maximum absolute atomic E-state index is 12.1. The molecular weight excluding hydrogens is 306 g/mol. The summed E-state index contributed by atoms with van der Waals surface area (Å²) in [5, 5.41) is 6.70.